The number of H-pyrrole nitrogens is 1. The van der Waals surface area contributed by atoms with Gasteiger partial charge in [-0.05, 0) is 54.7 Å². The maximum atomic E-state index is 13.2. The van der Waals surface area contributed by atoms with Gasteiger partial charge in [0.2, 0.25) is 5.96 Å². The number of likely N-dealkylation sites (tertiary alicyclic amines) is 1. The van der Waals surface area contributed by atoms with Crippen LogP contribution >= 0.6 is 0 Å². The van der Waals surface area contributed by atoms with E-state index in [0.717, 1.165) is 38.4 Å². The van der Waals surface area contributed by atoms with Crippen LogP contribution in [0.5, 0.6) is 0 Å². The van der Waals surface area contributed by atoms with Gasteiger partial charge < -0.3 is 21.1 Å². The van der Waals surface area contributed by atoms with E-state index in [1.165, 1.54) is 17.2 Å². The molecule has 2 aromatic heterocycles. The first-order chi connectivity index (χ1) is 18.7. The number of fused-ring (bicyclic) bond motifs is 3. The highest BCUT2D eigenvalue weighted by Gasteiger charge is 2.46. The lowest BCUT2D eigenvalue weighted by atomic mass is 9.73. The molecule has 0 bridgehead atoms. The second-order valence-electron chi connectivity index (χ2n) is 10.9. The average molecular weight is 536 g/mol. The number of alkyl halides is 3. The van der Waals surface area contributed by atoms with Crippen molar-refractivity contribution in [3.63, 3.8) is 0 Å². The van der Waals surface area contributed by atoms with Gasteiger partial charge in [-0.1, -0.05) is 36.4 Å². The Labute approximate surface area is 222 Å². The highest BCUT2D eigenvalue weighted by Crippen LogP contribution is 2.51. The summed E-state index contributed by atoms with van der Waals surface area (Å²) in [5.74, 6) is 1.02. The zero-order chi connectivity index (χ0) is 26.9. The summed E-state index contributed by atoms with van der Waals surface area (Å²) in [5, 5.41) is 21.8. The second kappa shape index (κ2) is 8.65. The summed E-state index contributed by atoms with van der Waals surface area (Å²) in [6, 6.07) is 10.9. The number of aliphatic hydroxyl groups excluding tert-OH is 1. The van der Waals surface area contributed by atoms with Crippen molar-refractivity contribution >= 4 is 17.4 Å². The number of halogens is 3. The van der Waals surface area contributed by atoms with Crippen LogP contribution < -0.4 is 11.1 Å². The standard InChI is InChI=1S/C28H28F3N7O/c29-28(30,31)20-9-8-17-18(6-3-7-19(17)33-20)22-21-24(37-36-22)34-26(35-25(21)39)38-12-10-27(11-13-38)14-15-4-1-2-5-16(15)23(27)32/h1-2,4-6,8-9,23,25,39H,3,7,10-14,32H2,(H2,34,35,36,37)/t23-,25?/m1/s1. The molecule has 8 nitrogen and oxygen atoms in total. The summed E-state index contributed by atoms with van der Waals surface area (Å²) in [7, 11) is 0. The third kappa shape index (κ3) is 3.86. The molecule has 1 unspecified atom stereocenters. The minimum Gasteiger partial charge on any atom is -0.368 e. The number of aliphatic imine (C=N–C) groups is 1. The Balaban J connectivity index is 1.11. The van der Waals surface area contributed by atoms with E-state index < -0.39 is 18.1 Å². The molecule has 2 atom stereocenters. The molecule has 5 N–H and O–H groups in total. The highest BCUT2D eigenvalue weighted by atomic mass is 19.4. The van der Waals surface area contributed by atoms with Crippen molar-refractivity contribution in [3.05, 3.63) is 81.8 Å². The number of aliphatic hydroxyl groups is 1. The first kappa shape index (κ1) is 24.3. The molecule has 1 saturated heterocycles. The zero-order valence-electron chi connectivity index (χ0n) is 21.1. The number of aromatic amines is 1. The van der Waals surface area contributed by atoms with Crippen LogP contribution in [0.2, 0.25) is 0 Å². The molecule has 3 aromatic rings. The topological polar surface area (TPSA) is 115 Å². The fourth-order valence-corrected chi connectivity index (χ4v) is 6.65. The lowest BCUT2D eigenvalue weighted by molar-refractivity contribution is -0.141. The minimum atomic E-state index is -4.50. The number of aryl methyl sites for hydroxylation is 1. The van der Waals surface area contributed by atoms with Gasteiger partial charge in [0.15, 0.2) is 12.0 Å². The van der Waals surface area contributed by atoms with Crippen LogP contribution in [0.3, 0.4) is 0 Å². The lowest BCUT2D eigenvalue weighted by Crippen LogP contribution is -2.49. The number of nitrogens with two attached hydrogens (primary N) is 1. The minimum absolute atomic E-state index is 0.0107. The van der Waals surface area contributed by atoms with Crippen LogP contribution in [0.15, 0.2) is 47.5 Å². The third-order valence-corrected chi connectivity index (χ3v) is 8.74. The summed E-state index contributed by atoms with van der Waals surface area (Å²) in [4.78, 5) is 10.6. The monoisotopic (exact) mass is 535 g/mol. The Bertz CT molecular complexity index is 1520. The molecule has 2 aliphatic heterocycles. The molecule has 0 radical (unpaired) electrons. The number of nitrogens with one attached hydrogen (secondary N) is 2. The van der Waals surface area contributed by atoms with Gasteiger partial charge in [-0.2, -0.15) is 18.3 Å². The van der Waals surface area contributed by atoms with Gasteiger partial charge in [-0.25, -0.2) is 9.98 Å². The maximum absolute atomic E-state index is 13.2. The molecule has 0 amide bonds. The van der Waals surface area contributed by atoms with Gasteiger partial charge in [0.25, 0.3) is 0 Å². The quantitative estimate of drug-likeness (QED) is 0.369. The summed E-state index contributed by atoms with van der Waals surface area (Å²) >= 11 is 0. The number of hydrogen-bond acceptors (Lipinski definition) is 7. The summed E-state index contributed by atoms with van der Waals surface area (Å²) in [5.41, 5.74) is 11.1. The average Bonchev–Trinajstić information content (AvgIpc) is 3.47. The van der Waals surface area contributed by atoms with Crippen LogP contribution in [0.1, 0.15) is 70.9 Å². The molecular weight excluding hydrogens is 507 g/mol. The van der Waals surface area contributed by atoms with Crippen LogP contribution in [0.25, 0.3) is 5.57 Å². The summed E-state index contributed by atoms with van der Waals surface area (Å²) < 4.78 is 39.6. The SMILES string of the molecule is N[C@@H]1c2ccccc2CC12CCN(C1=NC(O)c3c(n[nH]c3C3=CCCc4nc(C(F)(F)F)ccc43)N1)CC2. The van der Waals surface area contributed by atoms with Gasteiger partial charge in [0.05, 0.1) is 11.3 Å². The number of aromatic nitrogens is 3. The number of guanidine groups is 1. The lowest BCUT2D eigenvalue weighted by Gasteiger charge is -2.43. The zero-order valence-corrected chi connectivity index (χ0v) is 21.1. The molecule has 1 spiro atoms. The maximum Gasteiger partial charge on any atom is 0.433 e. The van der Waals surface area contributed by atoms with Crippen LogP contribution in [-0.2, 0) is 19.0 Å². The largest absolute Gasteiger partial charge is 0.433 e. The highest BCUT2D eigenvalue weighted by molar-refractivity contribution is 5.97. The molecule has 0 saturated carbocycles. The molecule has 1 fully saturated rings. The molecule has 1 aromatic carbocycles. The van der Waals surface area contributed by atoms with Gasteiger partial charge in [0.1, 0.15) is 5.69 Å². The van der Waals surface area contributed by atoms with E-state index in [1.54, 1.807) is 0 Å². The van der Waals surface area contributed by atoms with E-state index in [4.69, 9.17) is 5.73 Å². The number of rotatable bonds is 1. The van der Waals surface area contributed by atoms with Crippen molar-refractivity contribution in [2.45, 2.75) is 50.6 Å². The molecule has 2 aliphatic carbocycles. The van der Waals surface area contributed by atoms with E-state index >= 15 is 0 Å². The Kier molecular flexibility index (Phi) is 5.40. The molecule has 4 aliphatic rings. The number of anilines is 1. The first-order valence-electron chi connectivity index (χ1n) is 13.2. The number of pyridine rings is 1. The van der Waals surface area contributed by atoms with Crippen molar-refractivity contribution < 1.29 is 18.3 Å². The Morgan fingerprint density at radius 3 is 2.67 bits per heavy atom. The van der Waals surface area contributed by atoms with E-state index in [9.17, 15) is 18.3 Å². The van der Waals surface area contributed by atoms with Gasteiger partial charge >= 0.3 is 6.18 Å². The van der Waals surface area contributed by atoms with Gasteiger partial charge in [-0.15, -0.1) is 0 Å². The summed E-state index contributed by atoms with van der Waals surface area (Å²) in [6.45, 7) is 1.50. The van der Waals surface area contributed by atoms with Crippen molar-refractivity contribution in [1.29, 1.82) is 0 Å². The van der Waals surface area contributed by atoms with Gasteiger partial charge in [0, 0.05) is 36.0 Å². The van der Waals surface area contributed by atoms with Crippen molar-refractivity contribution in [2.24, 2.45) is 16.1 Å². The van der Waals surface area contributed by atoms with Crippen molar-refractivity contribution in [2.75, 3.05) is 18.4 Å². The smallest absolute Gasteiger partial charge is 0.368 e. The second-order valence-corrected chi connectivity index (χ2v) is 10.9. The molecule has 7 rings (SSSR count). The van der Waals surface area contributed by atoms with Crippen LogP contribution in [-0.4, -0.2) is 44.2 Å². The Hall–Kier alpha value is -3.70. The van der Waals surface area contributed by atoms with Crippen molar-refractivity contribution in [3.8, 4) is 0 Å². The first-order valence-corrected chi connectivity index (χ1v) is 13.2. The predicted molar refractivity (Wildman–Crippen MR) is 140 cm³/mol. The Morgan fingerprint density at radius 2 is 1.90 bits per heavy atom. The number of nitrogens with zero attached hydrogens (tertiary/aromatic N) is 4. The summed E-state index contributed by atoms with van der Waals surface area (Å²) in [6.07, 6.45) is -0.00265. The molecule has 39 heavy (non-hydrogen) atoms. The third-order valence-electron chi connectivity index (χ3n) is 8.74. The van der Waals surface area contributed by atoms with Gasteiger partial charge in [-0.3, -0.25) is 5.10 Å². The number of allylic oxidation sites excluding steroid dienone is 1. The molecule has 202 valence electrons. The number of benzene rings is 1. The fourth-order valence-electron chi connectivity index (χ4n) is 6.65. The normalized spacial score (nSPS) is 23.5. The van der Waals surface area contributed by atoms with E-state index in [2.05, 4.69) is 48.6 Å². The van der Waals surface area contributed by atoms with Crippen molar-refractivity contribution in [1.82, 2.24) is 20.1 Å². The Morgan fingerprint density at radius 1 is 1.10 bits per heavy atom. The van der Waals surface area contributed by atoms with Crippen LogP contribution in [0.4, 0.5) is 19.0 Å². The fraction of sp³-hybridized carbons (Fsp3) is 0.393. The molecule has 11 heteroatoms. The molecular formula is C28H28F3N7O. The predicted octanol–water partition coefficient (Wildman–Crippen LogP) is 4.31. The number of hydrogen-bond donors (Lipinski definition) is 4. The number of piperidine rings is 1. The van der Waals surface area contributed by atoms with Crippen LogP contribution in [0, 0.1) is 5.41 Å². The van der Waals surface area contributed by atoms with E-state index in [-0.39, 0.29) is 11.5 Å². The van der Waals surface area contributed by atoms with E-state index in [0.29, 0.717) is 52.7 Å². The van der Waals surface area contributed by atoms with E-state index in [1.807, 2.05) is 12.1 Å². The molecule has 4 heterocycles.